The van der Waals surface area contributed by atoms with Crippen molar-refractivity contribution in [3.8, 4) is 5.75 Å². The van der Waals surface area contributed by atoms with Crippen LogP contribution in [0.3, 0.4) is 0 Å². The van der Waals surface area contributed by atoms with Crippen molar-refractivity contribution < 1.29 is 19.4 Å². The summed E-state index contributed by atoms with van der Waals surface area (Å²) >= 11 is 0. The second-order valence-electron chi connectivity index (χ2n) is 8.12. The van der Waals surface area contributed by atoms with Crippen molar-refractivity contribution in [2.24, 2.45) is 0 Å². The molecule has 0 unspecified atom stereocenters. The van der Waals surface area contributed by atoms with Crippen LogP contribution in [0.5, 0.6) is 5.75 Å². The van der Waals surface area contributed by atoms with Crippen molar-refractivity contribution in [1.82, 2.24) is 19.4 Å². The number of nitrogens with zero attached hydrogens (tertiary/aromatic N) is 4. The Bertz CT molecular complexity index is 1140. The first-order valence-corrected chi connectivity index (χ1v) is 10.9. The molecule has 4 rings (SSSR count). The average molecular weight is 447 g/mol. The van der Waals surface area contributed by atoms with Gasteiger partial charge in [-0.15, -0.1) is 0 Å². The molecule has 0 saturated carbocycles. The average Bonchev–Trinajstić information content (AvgIpc) is 3.41. The first-order valence-electron chi connectivity index (χ1n) is 10.9. The van der Waals surface area contributed by atoms with Crippen LogP contribution < -0.4 is 4.74 Å². The predicted octanol–water partition coefficient (Wildman–Crippen LogP) is 3.58. The lowest BCUT2D eigenvalue weighted by Crippen LogP contribution is -2.31. The summed E-state index contributed by atoms with van der Waals surface area (Å²) in [6, 6.07) is 9.66. The maximum absolute atomic E-state index is 13.1. The van der Waals surface area contributed by atoms with E-state index in [-0.39, 0.29) is 17.4 Å². The van der Waals surface area contributed by atoms with Crippen LogP contribution in [0.2, 0.25) is 0 Å². The smallest absolute Gasteiger partial charge is 0.295 e. The van der Waals surface area contributed by atoms with E-state index in [2.05, 4.69) is 9.97 Å². The van der Waals surface area contributed by atoms with Gasteiger partial charge in [0, 0.05) is 43.4 Å². The number of rotatable bonds is 8. The molecule has 1 fully saturated rings. The minimum atomic E-state index is -0.695. The molecule has 8 heteroatoms. The van der Waals surface area contributed by atoms with Crippen LogP contribution in [-0.2, 0) is 16.1 Å². The number of hydrogen-bond donors (Lipinski definition) is 1. The van der Waals surface area contributed by atoms with Crippen LogP contribution in [0.1, 0.15) is 37.4 Å². The van der Waals surface area contributed by atoms with Crippen LogP contribution in [0, 0.1) is 0 Å². The molecule has 1 saturated heterocycles. The fourth-order valence-electron chi connectivity index (χ4n) is 3.96. The van der Waals surface area contributed by atoms with Crippen molar-refractivity contribution in [3.05, 3.63) is 84.2 Å². The standard InChI is InChI=1S/C25H26N4O4/c1-17(2)33-20-6-4-19(5-7-20)23(30)21-22(18-8-10-26-11-9-18)29(25(32)24(21)31)14-3-13-28-15-12-27-16-28/h4-12,15-17,22,30H,3,13-14H2,1-2H3/b23-21+/t22-/m1/s1. The summed E-state index contributed by atoms with van der Waals surface area (Å²) in [5, 5.41) is 11.1. The highest BCUT2D eigenvalue weighted by Gasteiger charge is 2.45. The Balaban J connectivity index is 1.67. The molecule has 3 aromatic rings. The molecule has 1 aliphatic rings. The molecular formula is C25H26N4O4. The molecule has 0 bridgehead atoms. The largest absolute Gasteiger partial charge is 0.507 e. The second-order valence-corrected chi connectivity index (χ2v) is 8.12. The lowest BCUT2D eigenvalue weighted by atomic mass is 9.96. The molecular weight excluding hydrogens is 420 g/mol. The summed E-state index contributed by atoms with van der Waals surface area (Å²) in [4.78, 5) is 35.6. The summed E-state index contributed by atoms with van der Waals surface area (Å²) in [5.41, 5.74) is 1.24. The third-order valence-electron chi connectivity index (χ3n) is 5.44. The van der Waals surface area contributed by atoms with Crippen molar-refractivity contribution >= 4 is 17.4 Å². The number of aryl methyl sites for hydroxylation is 1. The number of likely N-dealkylation sites (tertiary alicyclic amines) is 1. The molecule has 1 atom stereocenters. The van der Waals surface area contributed by atoms with Gasteiger partial charge in [0.15, 0.2) is 0 Å². The molecule has 33 heavy (non-hydrogen) atoms. The van der Waals surface area contributed by atoms with E-state index < -0.39 is 17.7 Å². The summed E-state index contributed by atoms with van der Waals surface area (Å²) in [5.74, 6) is -0.862. The number of amides is 1. The molecule has 1 aromatic carbocycles. The molecule has 8 nitrogen and oxygen atoms in total. The van der Waals surface area contributed by atoms with Gasteiger partial charge in [0.25, 0.3) is 11.7 Å². The van der Waals surface area contributed by atoms with Gasteiger partial charge in [-0.3, -0.25) is 14.6 Å². The molecule has 2 aromatic heterocycles. The highest BCUT2D eigenvalue weighted by atomic mass is 16.5. The van der Waals surface area contributed by atoms with Gasteiger partial charge in [-0.25, -0.2) is 4.98 Å². The summed E-state index contributed by atoms with van der Waals surface area (Å²) in [7, 11) is 0. The number of carbonyl (C=O) groups is 2. The van der Waals surface area contributed by atoms with E-state index in [1.165, 1.54) is 4.90 Å². The highest BCUT2D eigenvalue weighted by molar-refractivity contribution is 6.46. The van der Waals surface area contributed by atoms with Crippen LogP contribution >= 0.6 is 0 Å². The van der Waals surface area contributed by atoms with Crippen molar-refractivity contribution in [1.29, 1.82) is 0 Å². The van der Waals surface area contributed by atoms with Gasteiger partial charge in [-0.05, 0) is 62.2 Å². The number of benzene rings is 1. The number of ketones is 1. The maximum Gasteiger partial charge on any atom is 0.295 e. The number of aliphatic hydroxyl groups is 1. The number of imidazole rings is 1. The van der Waals surface area contributed by atoms with Gasteiger partial charge in [-0.2, -0.15) is 0 Å². The van der Waals surface area contributed by atoms with Crippen LogP contribution in [0.25, 0.3) is 5.76 Å². The number of pyridine rings is 1. The monoisotopic (exact) mass is 446 g/mol. The first-order chi connectivity index (χ1) is 16.0. The van der Waals surface area contributed by atoms with Crippen molar-refractivity contribution in [2.75, 3.05) is 6.54 Å². The van der Waals surface area contributed by atoms with E-state index in [1.807, 2.05) is 24.6 Å². The quantitative estimate of drug-likeness (QED) is 0.323. The zero-order chi connectivity index (χ0) is 23.4. The van der Waals surface area contributed by atoms with Gasteiger partial charge < -0.3 is 19.3 Å². The fourth-order valence-corrected chi connectivity index (χ4v) is 3.96. The van der Waals surface area contributed by atoms with Crippen LogP contribution in [0.15, 0.2) is 73.1 Å². The van der Waals surface area contributed by atoms with E-state index in [1.54, 1.807) is 61.3 Å². The number of Topliss-reactive ketones (excluding diaryl/α,β-unsaturated/α-hetero) is 1. The fraction of sp³-hybridized carbons (Fsp3) is 0.280. The first kappa shape index (κ1) is 22.3. The number of carbonyl (C=O) groups excluding carboxylic acids is 2. The molecule has 0 radical (unpaired) electrons. The topological polar surface area (TPSA) is 97.6 Å². The summed E-state index contributed by atoms with van der Waals surface area (Å²) < 4.78 is 7.57. The van der Waals surface area contributed by atoms with Crippen LogP contribution in [-0.4, -0.2) is 48.9 Å². The second kappa shape index (κ2) is 9.68. The lowest BCUT2D eigenvalue weighted by molar-refractivity contribution is -0.139. The zero-order valence-corrected chi connectivity index (χ0v) is 18.6. The van der Waals surface area contributed by atoms with E-state index in [4.69, 9.17) is 4.74 Å². The SMILES string of the molecule is CC(C)Oc1ccc(/C(O)=C2\C(=O)C(=O)N(CCCn3ccnc3)[C@@H]2c2ccncc2)cc1. The summed E-state index contributed by atoms with van der Waals surface area (Å²) in [6.45, 7) is 4.87. The van der Waals surface area contributed by atoms with E-state index in [0.717, 1.165) is 0 Å². The highest BCUT2D eigenvalue weighted by Crippen LogP contribution is 2.39. The van der Waals surface area contributed by atoms with Gasteiger partial charge in [0.1, 0.15) is 11.5 Å². The normalized spacial score (nSPS) is 17.7. The van der Waals surface area contributed by atoms with Gasteiger partial charge in [0.05, 0.1) is 24.0 Å². The molecule has 3 heterocycles. The molecule has 0 spiro atoms. The number of hydrogen-bond acceptors (Lipinski definition) is 6. The Labute approximate surface area is 192 Å². The molecule has 1 aliphatic heterocycles. The minimum Gasteiger partial charge on any atom is -0.507 e. The lowest BCUT2D eigenvalue weighted by Gasteiger charge is -2.25. The number of ether oxygens (including phenoxy) is 1. The Kier molecular flexibility index (Phi) is 6.53. The van der Waals surface area contributed by atoms with E-state index in [0.29, 0.717) is 36.4 Å². The van der Waals surface area contributed by atoms with Crippen molar-refractivity contribution in [2.45, 2.75) is 39.0 Å². The summed E-state index contributed by atoms with van der Waals surface area (Å²) in [6.07, 6.45) is 9.12. The Morgan fingerprint density at radius 1 is 1.03 bits per heavy atom. The van der Waals surface area contributed by atoms with Gasteiger partial charge in [0.2, 0.25) is 0 Å². The zero-order valence-electron chi connectivity index (χ0n) is 18.6. The Hall–Kier alpha value is -3.94. The molecule has 1 N–H and O–H groups in total. The molecule has 1 amide bonds. The molecule has 170 valence electrons. The van der Waals surface area contributed by atoms with Crippen molar-refractivity contribution in [3.63, 3.8) is 0 Å². The maximum atomic E-state index is 13.1. The minimum absolute atomic E-state index is 0.0174. The molecule has 0 aliphatic carbocycles. The van der Waals surface area contributed by atoms with Crippen LogP contribution in [0.4, 0.5) is 0 Å². The van der Waals surface area contributed by atoms with Gasteiger partial charge >= 0.3 is 0 Å². The Morgan fingerprint density at radius 2 is 1.76 bits per heavy atom. The van der Waals surface area contributed by atoms with E-state index >= 15 is 0 Å². The number of aromatic nitrogens is 3. The Morgan fingerprint density at radius 3 is 2.39 bits per heavy atom. The third-order valence-corrected chi connectivity index (χ3v) is 5.44. The number of aliphatic hydroxyl groups excluding tert-OH is 1. The van der Waals surface area contributed by atoms with Gasteiger partial charge in [-0.1, -0.05) is 0 Å². The third kappa shape index (κ3) is 4.79. The predicted molar refractivity (Wildman–Crippen MR) is 122 cm³/mol. The van der Waals surface area contributed by atoms with E-state index in [9.17, 15) is 14.7 Å².